The van der Waals surface area contributed by atoms with Crippen LogP contribution in [0.3, 0.4) is 0 Å². The molecule has 0 unspecified atom stereocenters. The third-order valence-corrected chi connectivity index (χ3v) is 6.12. The standard InChI is InChI=1S/C27H32N4O/c1-4-8-25(32)30-15-17-31(18-16-30)27-24(19-22-9-6-5-7-10-22)21(3)28-26(29-27)23-13-11-20(2)12-14-23/h5-7,9-14H,4,8,15-19H2,1-3H3. The van der Waals surface area contributed by atoms with Crippen LogP contribution in [0.2, 0.25) is 0 Å². The zero-order valence-corrected chi connectivity index (χ0v) is 19.3. The van der Waals surface area contributed by atoms with E-state index in [2.05, 4.69) is 74.2 Å². The molecule has 5 heteroatoms. The molecule has 1 fully saturated rings. The summed E-state index contributed by atoms with van der Waals surface area (Å²) in [5.41, 5.74) is 5.68. The minimum absolute atomic E-state index is 0.260. The van der Waals surface area contributed by atoms with Gasteiger partial charge in [-0.3, -0.25) is 4.79 Å². The van der Waals surface area contributed by atoms with Crippen LogP contribution in [0.4, 0.5) is 5.82 Å². The van der Waals surface area contributed by atoms with Gasteiger partial charge in [0, 0.05) is 55.8 Å². The summed E-state index contributed by atoms with van der Waals surface area (Å²) in [5.74, 6) is 2.02. The second kappa shape index (κ2) is 9.94. The van der Waals surface area contributed by atoms with Crippen LogP contribution in [0.15, 0.2) is 54.6 Å². The summed E-state index contributed by atoms with van der Waals surface area (Å²) in [4.78, 5) is 26.6. The topological polar surface area (TPSA) is 49.3 Å². The monoisotopic (exact) mass is 428 g/mol. The zero-order chi connectivity index (χ0) is 22.5. The van der Waals surface area contributed by atoms with Gasteiger partial charge in [0.15, 0.2) is 5.82 Å². The van der Waals surface area contributed by atoms with E-state index < -0.39 is 0 Å². The Bertz CT molecular complexity index is 1060. The fourth-order valence-electron chi connectivity index (χ4n) is 4.22. The highest BCUT2D eigenvalue weighted by Crippen LogP contribution is 2.28. The average Bonchev–Trinajstić information content (AvgIpc) is 2.82. The Hall–Kier alpha value is -3.21. The van der Waals surface area contributed by atoms with Crippen LogP contribution in [0.1, 0.15) is 42.1 Å². The maximum Gasteiger partial charge on any atom is 0.222 e. The lowest BCUT2D eigenvalue weighted by atomic mass is 10.0. The Morgan fingerprint density at radius 1 is 0.906 bits per heavy atom. The molecular weight excluding hydrogens is 396 g/mol. The Morgan fingerprint density at radius 3 is 2.25 bits per heavy atom. The third-order valence-electron chi connectivity index (χ3n) is 6.12. The Balaban J connectivity index is 1.67. The number of piperazine rings is 1. The first-order chi connectivity index (χ1) is 15.5. The Labute approximate surface area is 191 Å². The Kier molecular flexibility index (Phi) is 6.84. The molecule has 1 aliphatic rings. The molecule has 1 aromatic heterocycles. The first-order valence-corrected chi connectivity index (χ1v) is 11.6. The minimum atomic E-state index is 0.260. The lowest BCUT2D eigenvalue weighted by Crippen LogP contribution is -2.49. The highest BCUT2D eigenvalue weighted by atomic mass is 16.2. The molecule has 4 rings (SSSR count). The van der Waals surface area contributed by atoms with Crippen molar-refractivity contribution in [2.24, 2.45) is 0 Å². The molecule has 1 saturated heterocycles. The van der Waals surface area contributed by atoms with Crippen LogP contribution in [0.5, 0.6) is 0 Å². The number of carbonyl (C=O) groups excluding carboxylic acids is 1. The van der Waals surface area contributed by atoms with Gasteiger partial charge in [-0.1, -0.05) is 67.1 Å². The zero-order valence-electron chi connectivity index (χ0n) is 19.3. The number of amides is 1. The van der Waals surface area contributed by atoms with Crippen molar-refractivity contribution in [1.82, 2.24) is 14.9 Å². The maximum absolute atomic E-state index is 12.4. The SMILES string of the molecule is CCCC(=O)N1CCN(c2nc(-c3ccc(C)cc3)nc(C)c2Cc2ccccc2)CC1. The van der Waals surface area contributed by atoms with Crippen molar-refractivity contribution in [3.8, 4) is 11.4 Å². The van der Waals surface area contributed by atoms with E-state index in [1.54, 1.807) is 0 Å². The van der Waals surface area contributed by atoms with Gasteiger partial charge in [0.25, 0.3) is 0 Å². The molecule has 0 atom stereocenters. The first-order valence-electron chi connectivity index (χ1n) is 11.6. The summed E-state index contributed by atoms with van der Waals surface area (Å²) < 4.78 is 0. The van der Waals surface area contributed by atoms with Crippen molar-refractivity contribution in [2.75, 3.05) is 31.1 Å². The predicted octanol–water partition coefficient (Wildman–Crippen LogP) is 4.80. The lowest BCUT2D eigenvalue weighted by molar-refractivity contribution is -0.131. The summed E-state index contributed by atoms with van der Waals surface area (Å²) in [7, 11) is 0. The quantitative estimate of drug-likeness (QED) is 0.566. The second-order valence-corrected chi connectivity index (χ2v) is 8.58. The fourth-order valence-corrected chi connectivity index (χ4v) is 4.22. The molecule has 0 radical (unpaired) electrons. The maximum atomic E-state index is 12.4. The van der Waals surface area contributed by atoms with Gasteiger partial charge in [-0.25, -0.2) is 9.97 Å². The van der Waals surface area contributed by atoms with Gasteiger partial charge in [0.05, 0.1) is 0 Å². The van der Waals surface area contributed by atoms with Gasteiger partial charge in [-0.15, -0.1) is 0 Å². The van der Waals surface area contributed by atoms with Crippen LogP contribution < -0.4 is 4.90 Å². The average molecular weight is 429 g/mol. The van der Waals surface area contributed by atoms with Crippen molar-refractivity contribution in [1.29, 1.82) is 0 Å². The highest BCUT2D eigenvalue weighted by Gasteiger charge is 2.25. The number of hydrogen-bond acceptors (Lipinski definition) is 4. The highest BCUT2D eigenvalue weighted by molar-refractivity contribution is 5.76. The molecule has 0 spiro atoms. The number of nitrogens with zero attached hydrogens (tertiary/aromatic N) is 4. The van der Waals surface area contributed by atoms with E-state index in [1.165, 1.54) is 16.7 Å². The lowest BCUT2D eigenvalue weighted by Gasteiger charge is -2.36. The molecule has 0 aliphatic carbocycles. The minimum Gasteiger partial charge on any atom is -0.353 e. The third kappa shape index (κ3) is 4.98. The van der Waals surface area contributed by atoms with E-state index >= 15 is 0 Å². The van der Waals surface area contributed by atoms with Gasteiger partial charge >= 0.3 is 0 Å². The normalized spacial score (nSPS) is 14.0. The van der Waals surface area contributed by atoms with Crippen molar-refractivity contribution in [2.45, 2.75) is 40.0 Å². The van der Waals surface area contributed by atoms with Crippen molar-refractivity contribution < 1.29 is 4.79 Å². The van der Waals surface area contributed by atoms with E-state index in [1.807, 2.05) is 11.0 Å². The number of rotatable bonds is 6. The number of anilines is 1. The molecule has 3 aromatic rings. The Morgan fingerprint density at radius 2 is 1.59 bits per heavy atom. The number of benzene rings is 2. The van der Waals surface area contributed by atoms with E-state index in [4.69, 9.17) is 9.97 Å². The van der Waals surface area contributed by atoms with E-state index in [-0.39, 0.29) is 5.91 Å². The van der Waals surface area contributed by atoms with Crippen LogP contribution in [0, 0.1) is 13.8 Å². The summed E-state index contributed by atoms with van der Waals surface area (Å²) in [6, 6.07) is 18.9. The fraction of sp³-hybridized carbons (Fsp3) is 0.370. The molecule has 0 bridgehead atoms. The molecule has 32 heavy (non-hydrogen) atoms. The number of aromatic nitrogens is 2. The molecule has 2 aromatic carbocycles. The van der Waals surface area contributed by atoms with E-state index in [9.17, 15) is 4.79 Å². The van der Waals surface area contributed by atoms with Crippen LogP contribution in [-0.4, -0.2) is 47.0 Å². The predicted molar refractivity (Wildman–Crippen MR) is 130 cm³/mol. The molecule has 0 N–H and O–H groups in total. The van der Waals surface area contributed by atoms with Gasteiger partial charge in [-0.05, 0) is 25.8 Å². The summed E-state index contributed by atoms with van der Waals surface area (Å²) in [6.07, 6.45) is 2.32. The second-order valence-electron chi connectivity index (χ2n) is 8.58. The molecule has 0 saturated carbocycles. The van der Waals surface area contributed by atoms with Gasteiger partial charge in [0.2, 0.25) is 5.91 Å². The van der Waals surface area contributed by atoms with Crippen molar-refractivity contribution in [3.63, 3.8) is 0 Å². The largest absolute Gasteiger partial charge is 0.353 e. The molecule has 166 valence electrons. The summed E-state index contributed by atoms with van der Waals surface area (Å²) in [6.45, 7) is 9.30. The first kappa shape index (κ1) is 22.0. The van der Waals surface area contributed by atoms with Gasteiger partial charge in [0.1, 0.15) is 5.82 Å². The van der Waals surface area contributed by atoms with Crippen molar-refractivity contribution in [3.05, 3.63) is 77.0 Å². The van der Waals surface area contributed by atoms with E-state index in [0.717, 1.165) is 61.9 Å². The summed E-state index contributed by atoms with van der Waals surface area (Å²) >= 11 is 0. The molecular formula is C27H32N4O. The van der Waals surface area contributed by atoms with Crippen LogP contribution >= 0.6 is 0 Å². The molecule has 1 amide bonds. The van der Waals surface area contributed by atoms with Crippen molar-refractivity contribution >= 4 is 11.7 Å². The van der Waals surface area contributed by atoms with Gasteiger partial charge in [-0.2, -0.15) is 0 Å². The van der Waals surface area contributed by atoms with Crippen LogP contribution in [0.25, 0.3) is 11.4 Å². The number of aryl methyl sites for hydroxylation is 2. The van der Waals surface area contributed by atoms with E-state index in [0.29, 0.717) is 6.42 Å². The summed E-state index contributed by atoms with van der Waals surface area (Å²) in [5, 5.41) is 0. The van der Waals surface area contributed by atoms with Crippen LogP contribution in [-0.2, 0) is 11.2 Å². The molecule has 2 heterocycles. The molecule has 1 aliphatic heterocycles. The smallest absolute Gasteiger partial charge is 0.222 e. The van der Waals surface area contributed by atoms with Gasteiger partial charge < -0.3 is 9.80 Å². The number of carbonyl (C=O) groups is 1. The molecule has 5 nitrogen and oxygen atoms in total. The number of hydrogen-bond donors (Lipinski definition) is 0.